The largest absolute Gasteiger partial charge is 0.325 e. The van der Waals surface area contributed by atoms with E-state index in [9.17, 15) is 9.59 Å². The molecule has 1 N–H and O–H groups in total. The van der Waals surface area contributed by atoms with Gasteiger partial charge in [-0.1, -0.05) is 51.0 Å². The first-order valence-corrected chi connectivity index (χ1v) is 14.1. The topological polar surface area (TPSA) is 51.1 Å². The highest BCUT2D eigenvalue weighted by molar-refractivity contribution is 9.10. The van der Waals surface area contributed by atoms with Crippen molar-refractivity contribution in [3.05, 3.63) is 78.1 Å². The first-order valence-electron chi connectivity index (χ1n) is 11.2. The van der Waals surface area contributed by atoms with Gasteiger partial charge in [-0.3, -0.25) is 14.2 Å². The summed E-state index contributed by atoms with van der Waals surface area (Å²) >= 11 is 12.7. The van der Waals surface area contributed by atoms with Gasteiger partial charge in [0.2, 0.25) is 5.91 Å². The standard InChI is InChI=1S/C25H22BrClN2O2S2/c26-16-5-3-13(4-6-16)20-21-14-1-2-15(11-14)22(21)32-24-23(20)33-25(31)29(24)12-19(30)28-18-9-7-17(27)8-10-18/h3-10,14-15,20-22H,1-2,11-12H2,(H,28,30)/t14-,15-,20-,21-,22+/m0/s1. The Labute approximate surface area is 213 Å². The normalized spacial score (nSPS) is 27.3. The number of hydrogen-bond acceptors (Lipinski definition) is 4. The van der Waals surface area contributed by atoms with Crippen LogP contribution in [0.1, 0.15) is 35.6 Å². The van der Waals surface area contributed by atoms with Crippen LogP contribution in [0.3, 0.4) is 0 Å². The van der Waals surface area contributed by atoms with E-state index in [4.69, 9.17) is 11.6 Å². The minimum absolute atomic E-state index is 0.0266. The van der Waals surface area contributed by atoms with Crippen molar-refractivity contribution < 1.29 is 4.79 Å². The molecular weight excluding hydrogens is 540 g/mol. The SMILES string of the molecule is O=C(Cn1c2c(sc1=O)[C@@H](c1ccc(Br)cc1)[C@@H]1[C@H]3CC[C@@H](C3)[C@H]1S2)Nc1ccc(Cl)cc1. The number of halogens is 2. The zero-order valence-corrected chi connectivity index (χ0v) is 21.6. The van der Waals surface area contributed by atoms with Gasteiger partial charge in [0.05, 0.1) is 5.03 Å². The van der Waals surface area contributed by atoms with E-state index in [1.165, 1.54) is 36.2 Å². The Bertz CT molecular complexity index is 1270. The van der Waals surface area contributed by atoms with E-state index in [0.29, 0.717) is 27.8 Å². The number of carbonyl (C=O) groups is 1. The Morgan fingerprint density at radius 1 is 1.09 bits per heavy atom. The Morgan fingerprint density at radius 3 is 2.58 bits per heavy atom. The van der Waals surface area contributed by atoms with Crippen LogP contribution in [0.4, 0.5) is 5.69 Å². The van der Waals surface area contributed by atoms with Crippen LogP contribution in [-0.4, -0.2) is 15.7 Å². The molecule has 33 heavy (non-hydrogen) atoms. The molecule has 2 heterocycles. The van der Waals surface area contributed by atoms with E-state index in [1.54, 1.807) is 28.8 Å². The van der Waals surface area contributed by atoms with Gasteiger partial charge in [0.15, 0.2) is 0 Å². The van der Waals surface area contributed by atoms with Crippen molar-refractivity contribution in [2.24, 2.45) is 17.8 Å². The fourth-order valence-corrected chi connectivity index (χ4v) is 9.55. The maximum absolute atomic E-state index is 13.1. The number of nitrogens with zero attached hydrogens (tertiary/aromatic N) is 1. The Kier molecular flexibility index (Phi) is 5.72. The molecule has 0 saturated heterocycles. The van der Waals surface area contributed by atoms with Gasteiger partial charge in [-0.15, -0.1) is 11.8 Å². The number of nitrogens with one attached hydrogen (secondary N) is 1. The zero-order valence-electron chi connectivity index (χ0n) is 17.7. The molecule has 0 spiro atoms. The van der Waals surface area contributed by atoms with Crippen molar-refractivity contribution in [2.45, 2.75) is 42.0 Å². The quantitative estimate of drug-likeness (QED) is 0.390. The summed E-state index contributed by atoms with van der Waals surface area (Å²) < 4.78 is 2.76. The third kappa shape index (κ3) is 3.91. The highest BCUT2D eigenvalue weighted by atomic mass is 79.9. The van der Waals surface area contributed by atoms with E-state index < -0.39 is 0 Å². The van der Waals surface area contributed by atoms with Crippen LogP contribution >= 0.6 is 50.6 Å². The molecule has 0 unspecified atom stereocenters. The van der Waals surface area contributed by atoms with E-state index in [0.717, 1.165) is 20.3 Å². The van der Waals surface area contributed by atoms with Crippen molar-refractivity contribution in [2.75, 3.05) is 5.32 Å². The Hall–Kier alpha value is -1.54. The van der Waals surface area contributed by atoms with Gasteiger partial charge in [0.25, 0.3) is 0 Å². The molecule has 8 heteroatoms. The summed E-state index contributed by atoms with van der Waals surface area (Å²) in [5.74, 6) is 2.04. The predicted molar refractivity (Wildman–Crippen MR) is 139 cm³/mol. The lowest BCUT2D eigenvalue weighted by atomic mass is 9.75. The van der Waals surface area contributed by atoms with Crippen LogP contribution in [0.15, 0.2) is 62.8 Å². The Morgan fingerprint density at radius 2 is 1.82 bits per heavy atom. The number of fused-ring (bicyclic) bond motifs is 6. The molecule has 1 aliphatic heterocycles. The second-order valence-electron chi connectivity index (χ2n) is 9.20. The van der Waals surface area contributed by atoms with Crippen LogP contribution < -0.4 is 10.2 Å². The minimum Gasteiger partial charge on any atom is -0.325 e. The third-order valence-electron chi connectivity index (χ3n) is 7.35. The van der Waals surface area contributed by atoms with Gasteiger partial charge in [-0.05, 0) is 79.0 Å². The van der Waals surface area contributed by atoms with Gasteiger partial charge < -0.3 is 5.32 Å². The molecule has 170 valence electrons. The number of thioether (sulfide) groups is 1. The molecule has 6 rings (SSSR count). The molecule has 0 radical (unpaired) electrons. The molecule has 3 aliphatic rings. The summed E-state index contributed by atoms with van der Waals surface area (Å²) in [6.07, 6.45) is 3.88. The van der Waals surface area contributed by atoms with Crippen LogP contribution in [0, 0.1) is 17.8 Å². The zero-order chi connectivity index (χ0) is 22.7. The van der Waals surface area contributed by atoms with Gasteiger partial charge in [0, 0.05) is 31.2 Å². The summed E-state index contributed by atoms with van der Waals surface area (Å²) in [5, 5.41) is 5.03. The monoisotopic (exact) mass is 560 g/mol. The minimum atomic E-state index is -0.198. The van der Waals surface area contributed by atoms with Gasteiger partial charge in [0.1, 0.15) is 6.54 Å². The molecule has 3 aromatic rings. The Balaban J connectivity index is 1.36. The molecule has 1 aromatic heterocycles. The lowest BCUT2D eigenvalue weighted by molar-refractivity contribution is -0.116. The van der Waals surface area contributed by atoms with Crippen LogP contribution in [0.2, 0.25) is 5.02 Å². The number of anilines is 1. The van der Waals surface area contributed by atoms with E-state index in [2.05, 4.69) is 45.5 Å². The van der Waals surface area contributed by atoms with Crippen molar-refractivity contribution in [3.8, 4) is 0 Å². The van der Waals surface area contributed by atoms with Crippen LogP contribution in [-0.2, 0) is 11.3 Å². The van der Waals surface area contributed by atoms with Gasteiger partial charge in [-0.25, -0.2) is 0 Å². The number of amides is 1. The number of benzene rings is 2. The summed E-state index contributed by atoms with van der Waals surface area (Å²) in [4.78, 5) is 27.1. The molecule has 2 bridgehead atoms. The number of aromatic nitrogens is 1. The second kappa shape index (κ2) is 8.59. The fraction of sp³-hybridized carbons (Fsp3) is 0.360. The van der Waals surface area contributed by atoms with Crippen molar-refractivity contribution in [1.29, 1.82) is 0 Å². The predicted octanol–water partition coefficient (Wildman–Crippen LogP) is 6.62. The lowest BCUT2D eigenvalue weighted by Crippen LogP contribution is -2.34. The molecule has 5 atom stereocenters. The highest BCUT2D eigenvalue weighted by Crippen LogP contribution is 2.64. The molecule has 2 saturated carbocycles. The summed E-state index contributed by atoms with van der Waals surface area (Å²) in [6, 6.07) is 15.6. The molecule has 2 aliphatic carbocycles. The van der Waals surface area contributed by atoms with Crippen molar-refractivity contribution in [3.63, 3.8) is 0 Å². The van der Waals surface area contributed by atoms with Crippen molar-refractivity contribution in [1.82, 2.24) is 4.57 Å². The highest BCUT2D eigenvalue weighted by Gasteiger charge is 2.55. The number of thiazole rings is 1. The average molecular weight is 562 g/mol. The maximum atomic E-state index is 13.1. The molecule has 1 amide bonds. The summed E-state index contributed by atoms with van der Waals surface area (Å²) in [7, 11) is 0. The van der Waals surface area contributed by atoms with E-state index >= 15 is 0 Å². The van der Waals surface area contributed by atoms with E-state index in [1.807, 2.05) is 11.8 Å². The first kappa shape index (κ1) is 22.0. The average Bonchev–Trinajstić information content (AvgIpc) is 3.49. The number of hydrogen-bond donors (Lipinski definition) is 1. The molecule has 2 fully saturated rings. The summed E-state index contributed by atoms with van der Waals surface area (Å²) in [6.45, 7) is 0.0266. The van der Waals surface area contributed by atoms with Gasteiger partial charge in [-0.2, -0.15) is 0 Å². The third-order valence-corrected chi connectivity index (χ3v) is 11.0. The second-order valence-corrected chi connectivity index (χ2v) is 12.7. The first-order chi connectivity index (χ1) is 16.0. The van der Waals surface area contributed by atoms with E-state index in [-0.39, 0.29) is 23.2 Å². The molecule has 2 aromatic carbocycles. The number of rotatable bonds is 4. The fourth-order valence-electron chi connectivity index (χ4n) is 6.01. The lowest BCUT2D eigenvalue weighted by Gasteiger charge is -2.40. The summed E-state index contributed by atoms with van der Waals surface area (Å²) in [5.41, 5.74) is 1.96. The smallest absolute Gasteiger partial charge is 0.308 e. The van der Waals surface area contributed by atoms with Crippen LogP contribution in [0.25, 0.3) is 0 Å². The van der Waals surface area contributed by atoms with Crippen molar-refractivity contribution >= 4 is 62.2 Å². The van der Waals surface area contributed by atoms with Crippen LogP contribution in [0.5, 0.6) is 0 Å². The number of carbonyl (C=O) groups excluding carboxylic acids is 1. The molecule has 4 nitrogen and oxygen atoms in total. The molecular formula is C25H22BrClN2O2S2. The maximum Gasteiger partial charge on any atom is 0.308 e. The van der Waals surface area contributed by atoms with Gasteiger partial charge >= 0.3 is 4.87 Å².